The van der Waals surface area contributed by atoms with Crippen LogP contribution in [0.1, 0.15) is 42.9 Å². The molecule has 1 fully saturated rings. The third-order valence-electron chi connectivity index (χ3n) is 3.73. The van der Waals surface area contributed by atoms with E-state index in [2.05, 4.69) is 36.6 Å². The van der Waals surface area contributed by atoms with Gasteiger partial charge in [-0.1, -0.05) is 37.1 Å². The second kappa shape index (κ2) is 5.46. The van der Waals surface area contributed by atoms with Crippen LogP contribution < -0.4 is 11.1 Å². The average Bonchev–Trinajstić information content (AvgIpc) is 2.84. The third kappa shape index (κ3) is 2.45. The minimum atomic E-state index is 0.508. The molecule has 2 nitrogen and oxygen atoms in total. The van der Waals surface area contributed by atoms with E-state index in [1.165, 1.54) is 36.8 Å². The van der Waals surface area contributed by atoms with Crippen molar-refractivity contribution in [2.75, 3.05) is 7.05 Å². The molecule has 1 aromatic carbocycles. The number of rotatable bonds is 4. The van der Waals surface area contributed by atoms with Gasteiger partial charge in [0.25, 0.3) is 0 Å². The summed E-state index contributed by atoms with van der Waals surface area (Å²) in [6.45, 7) is 0.634. The minimum Gasteiger partial charge on any atom is -0.326 e. The van der Waals surface area contributed by atoms with Crippen molar-refractivity contribution in [3.63, 3.8) is 0 Å². The lowest BCUT2D eigenvalue weighted by Gasteiger charge is -2.23. The first-order chi connectivity index (χ1) is 7.85. The van der Waals surface area contributed by atoms with E-state index in [0.717, 1.165) is 5.92 Å². The zero-order chi connectivity index (χ0) is 11.4. The van der Waals surface area contributed by atoms with Gasteiger partial charge in [-0.05, 0) is 36.9 Å². The molecule has 3 N–H and O–H groups in total. The van der Waals surface area contributed by atoms with E-state index in [1.807, 2.05) is 0 Å². The lowest BCUT2D eigenvalue weighted by Crippen LogP contribution is -2.23. The smallest absolute Gasteiger partial charge is 0.0346 e. The van der Waals surface area contributed by atoms with Gasteiger partial charge >= 0.3 is 0 Å². The molecule has 0 radical (unpaired) electrons. The normalized spacial score (nSPS) is 18.9. The molecule has 0 bridgehead atoms. The average molecular weight is 218 g/mol. The van der Waals surface area contributed by atoms with Crippen LogP contribution in [0.15, 0.2) is 24.3 Å². The van der Waals surface area contributed by atoms with Crippen LogP contribution in [-0.4, -0.2) is 7.05 Å². The van der Waals surface area contributed by atoms with E-state index >= 15 is 0 Å². The molecule has 2 rings (SSSR count). The fraction of sp³-hybridized carbons (Fsp3) is 0.571. The van der Waals surface area contributed by atoms with Crippen molar-refractivity contribution in [1.82, 2.24) is 5.32 Å². The Kier molecular flexibility index (Phi) is 3.97. The van der Waals surface area contributed by atoms with Crippen molar-refractivity contribution in [3.05, 3.63) is 35.4 Å². The summed E-state index contributed by atoms with van der Waals surface area (Å²) < 4.78 is 0. The van der Waals surface area contributed by atoms with Gasteiger partial charge in [-0.25, -0.2) is 0 Å². The number of hydrogen-bond acceptors (Lipinski definition) is 2. The Balaban J connectivity index is 2.18. The van der Waals surface area contributed by atoms with Gasteiger partial charge < -0.3 is 11.1 Å². The largest absolute Gasteiger partial charge is 0.326 e. The van der Waals surface area contributed by atoms with E-state index in [9.17, 15) is 0 Å². The van der Waals surface area contributed by atoms with Crippen molar-refractivity contribution >= 4 is 0 Å². The molecule has 0 aromatic heterocycles. The Morgan fingerprint density at radius 1 is 1.38 bits per heavy atom. The van der Waals surface area contributed by atoms with E-state index in [-0.39, 0.29) is 0 Å². The highest BCUT2D eigenvalue weighted by Gasteiger charge is 2.24. The maximum Gasteiger partial charge on any atom is 0.0346 e. The second-order valence-corrected chi connectivity index (χ2v) is 4.76. The van der Waals surface area contributed by atoms with Gasteiger partial charge in [0.05, 0.1) is 0 Å². The van der Waals surface area contributed by atoms with Crippen molar-refractivity contribution < 1.29 is 0 Å². The molecule has 0 spiro atoms. The van der Waals surface area contributed by atoms with Gasteiger partial charge in [0.15, 0.2) is 0 Å². The van der Waals surface area contributed by atoms with E-state index < -0.39 is 0 Å². The highest BCUT2D eigenvalue weighted by atomic mass is 14.9. The fourth-order valence-electron chi connectivity index (χ4n) is 2.88. The van der Waals surface area contributed by atoms with Crippen molar-refractivity contribution in [2.45, 2.75) is 38.3 Å². The second-order valence-electron chi connectivity index (χ2n) is 4.76. The zero-order valence-electron chi connectivity index (χ0n) is 10.1. The first-order valence-corrected chi connectivity index (χ1v) is 6.31. The lowest BCUT2D eigenvalue weighted by molar-refractivity contribution is 0.390. The van der Waals surface area contributed by atoms with Crippen molar-refractivity contribution in [3.8, 4) is 0 Å². The summed E-state index contributed by atoms with van der Waals surface area (Å²) in [7, 11) is 2.07. The number of benzene rings is 1. The zero-order valence-corrected chi connectivity index (χ0v) is 10.1. The number of hydrogen-bond donors (Lipinski definition) is 2. The molecule has 16 heavy (non-hydrogen) atoms. The summed E-state index contributed by atoms with van der Waals surface area (Å²) in [6.07, 6.45) is 5.50. The van der Waals surface area contributed by atoms with Gasteiger partial charge in [-0.3, -0.25) is 0 Å². The Labute approximate surface area is 98.2 Å². The summed E-state index contributed by atoms with van der Waals surface area (Å²) in [6, 6.07) is 9.20. The molecule has 1 aliphatic carbocycles. The highest BCUT2D eigenvalue weighted by molar-refractivity contribution is 5.26. The summed E-state index contributed by atoms with van der Waals surface area (Å²) in [5, 5.41) is 3.47. The minimum absolute atomic E-state index is 0.508. The molecule has 0 aliphatic heterocycles. The van der Waals surface area contributed by atoms with Crippen LogP contribution in [0.2, 0.25) is 0 Å². The van der Waals surface area contributed by atoms with Gasteiger partial charge in [-0.15, -0.1) is 0 Å². The third-order valence-corrected chi connectivity index (χ3v) is 3.73. The predicted octanol–water partition coefficient (Wildman–Crippen LogP) is 2.60. The number of nitrogens with one attached hydrogen (secondary N) is 1. The summed E-state index contributed by atoms with van der Waals surface area (Å²) in [5.74, 6) is 0.804. The first kappa shape index (κ1) is 11.6. The SMILES string of the molecule is CNC(c1cccc(CN)c1)C1CCCC1. The highest BCUT2D eigenvalue weighted by Crippen LogP contribution is 2.35. The molecule has 88 valence electrons. The first-order valence-electron chi connectivity index (χ1n) is 6.31. The summed E-state index contributed by atoms with van der Waals surface area (Å²) >= 11 is 0. The molecule has 0 amide bonds. The monoisotopic (exact) mass is 218 g/mol. The van der Waals surface area contributed by atoms with Gasteiger partial charge in [0.1, 0.15) is 0 Å². The van der Waals surface area contributed by atoms with Crippen LogP contribution in [0.4, 0.5) is 0 Å². The standard InChI is InChI=1S/C14H22N2/c1-16-14(12-6-2-3-7-12)13-8-4-5-11(9-13)10-15/h4-5,8-9,12,14,16H,2-3,6-7,10,15H2,1H3. The predicted molar refractivity (Wildman–Crippen MR) is 68.1 cm³/mol. The van der Waals surface area contributed by atoms with Crippen molar-refractivity contribution in [1.29, 1.82) is 0 Å². The molecule has 2 heteroatoms. The molecular weight excluding hydrogens is 196 g/mol. The van der Waals surface area contributed by atoms with Crippen molar-refractivity contribution in [2.24, 2.45) is 11.7 Å². The molecule has 0 saturated heterocycles. The van der Waals surface area contributed by atoms with Gasteiger partial charge in [0, 0.05) is 12.6 Å². The lowest BCUT2D eigenvalue weighted by atomic mass is 9.91. The van der Waals surface area contributed by atoms with Crippen LogP contribution in [0.3, 0.4) is 0 Å². The Morgan fingerprint density at radius 3 is 2.75 bits per heavy atom. The van der Waals surface area contributed by atoms with E-state index in [4.69, 9.17) is 5.73 Å². The van der Waals surface area contributed by atoms with E-state index in [1.54, 1.807) is 0 Å². The fourth-order valence-corrected chi connectivity index (χ4v) is 2.88. The Morgan fingerprint density at radius 2 is 2.12 bits per heavy atom. The van der Waals surface area contributed by atoms with Gasteiger partial charge in [-0.2, -0.15) is 0 Å². The molecule has 0 heterocycles. The molecule has 1 atom stereocenters. The maximum atomic E-state index is 5.69. The summed E-state index contributed by atoms with van der Waals surface area (Å²) in [4.78, 5) is 0. The van der Waals surface area contributed by atoms with Crippen LogP contribution in [0.25, 0.3) is 0 Å². The molecule has 1 aliphatic rings. The van der Waals surface area contributed by atoms with Crippen LogP contribution >= 0.6 is 0 Å². The van der Waals surface area contributed by atoms with Crippen LogP contribution in [0, 0.1) is 5.92 Å². The molecule has 1 aromatic rings. The summed E-state index contributed by atoms with van der Waals surface area (Å²) in [5.41, 5.74) is 8.33. The molecule has 1 unspecified atom stereocenters. The Bertz CT molecular complexity index is 329. The molecular formula is C14H22N2. The van der Waals surface area contributed by atoms with E-state index in [0.29, 0.717) is 12.6 Å². The van der Waals surface area contributed by atoms with Gasteiger partial charge in [0.2, 0.25) is 0 Å². The molecule has 1 saturated carbocycles. The van der Waals surface area contributed by atoms with Crippen LogP contribution in [0.5, 0.6) is 0 Å². The maximum absolute atomic E-state index is 5.69. The topological polar surface area (TPSA) is 38.0 Å². The van der Waals surface area contributed by atoms with Crippen LogP contribution in [-0.2, 0) is 6.54 Å². The Hall–Kier alpha value is -0.860. The quantitative estimate of drug-likeness (QED) is 0.815. The number of nitrogens with two attached hydrogens (primary N) is 1.